The molecule has 0 amide bonds. The van der Waals surface area contributed by atoms with Gasteiger partial charge in [-0.3, -0.25) is 0 Å². The Morgan fingerprint density at radius 1 is 1.36 bits per heavy atom. The second kappa shape index (κ2) is 3.71. The van der Waals surface area contributed by atoms with Crippen LogP contribution in [0.2, 0.25) is 0 Å². The zero-order valence-electron chi connectivity index (χ0n) is 7.25. The Balaban J connectivity index is 2.21. The van der Waals surface area contributed by atoms with Crippen LogP contribution in [0.4, 0.5) is 0 Å². The summed E-state index contributed by atoms with van der Waals surface area (Å²) in [7, 11) is 0. The van der Waals surface area contributed by atoms with E-state index in [-0.39, 0.29) is 5.25 Å². The monoisotopic (exact) mass is 224 g/mol. The maximum Gasteiger partial charge on any atom is 0.147 e. The summed E-state index contributed by atoms with van der Waals surface area (Å²) in [6, 6.07) is 3.98. The van der Waals surface area contributed by atoms with Gasteiger partial charge < -0.3 is 9.59 Å². The van der Waals surface area contributed by atoms with Crippen molar-refractivity contribution >= 4 is 35.7 Å². The quantitative estimate of drug-likeness (QED) is 0.448. The van der Waals surface area contributed by atoms with Gasteiger partial charge in [-0.15, -0.1) is 23.1 Å². The summed E-state index contributed by atoms with van der Waals surface area (Å²) in [6.45, 7) is 0. The highest BCUT2D eigenvalue weighted by molar-refractivity contribution is 8.03. The number of hydrogen-bond acceptors (Lipinski definition) is 4. The minimum Gasteiger partial charge on any atom is -0.301 e. The molecule has 0 spiro atoms. The van der Waals surface area contributed by atoms with Gasteiger partial charge in [-0.1, -0.05) is 18.2 Å². The van der Waals surface area contributed by atoms with Gasteiger partial charge in [-0.2, -0.15) is 0 Å². The molecule has 0 saturated carbocycles. The Kier molecular flexibility index (Phi) is 2.56. The van der Waals surface area contributed by atoms with E-state index in [1.807, 2.05) is 23.6 Å². The van der Waals surface area contributed by atoms with Crippen molar-refractivity contribution in [2.75, 3.05) is 0 Å². The van der Waals surface area contributed by atoms with Crippen molar-refractivity contribution in [3.8, 4) is 0 Å². The Labute approximate surface area is 90.0 Å². The van der Waals surface area contributed by atoms with E-state index < -0.39 is 4.75 Å². The van der Waals surface area contributed by atoms with Gasteiger partial charge in [0.05, 0.1) is 5.25 Å². The van der Waals surface area contributed by atoms with Gasteiger partial charge in [0, 0.05) is 4.88 Å². The van der Waals surface area contributed by atoms with E-state index in [4.69, 9.17) is 0 Å². The van der Waals surface area contributed by atoms with Crippen molar-refractivity contribution in [1.29, 1.82) is 0 Å². The molecule has 0 fully saturated rings. The van der Waals surface area contributed by atoms with Gasteiger partial charge in [0.15, 0.2) is 0 Å². The number of thioether (sulfide) groups is 1. The fourth-order valence-electron chi connectivity index (χ4n) is 1.30. The van der Waals surface area contributed by atoms with E-state index >= 15 is 0 Å². The first kappa shape index (κ1) is 9.68. The van der Waals surface area contributed by atoms with Crippen LogP contribution in [0.25, 0.3) is 0 Å². The third kappa shape index (κ3) is 1.55. The molecule has 2 rings (SSSR count). The molecule has 2 heterocycles. The van der Waals surface area contributed by atoms with Crippen LogP contribution in [0.3, 0.4) is 0 Å². The van der Waals surface area contributed by atoms with Crippen LogP contribution in [0, 0.1) is 0 Å². The van der Waals surface area contributed by atoms with Gasteiger partial charge >= 0.3 is 0 Å². The lowest BCUT2D eigenvalue weighted by molar-refractivity contribution is -0.115. The summed E-state index contributed by atoms with van der Waals surface area (Å²) in [4.78, 5) is 22.7. The van der Waals surface area contributed by atoms with Crippen molar-refractivity contribution in [2.24, 2.45) is 0 Å². The standard InChI is InChI=1S/C10H8O2S2/c11-6-10(7-12)4-3-9(14-10)8-2-1-5-13-8/h1-7,9H. The smallest absolute Gasteiger partial charge is 0.147 e. The van der Waals surface area contributed by atoms with Crippen molar-refractivity contribution in [1.82, 2.24) is 0 Å². The maximum atomic E-state index is 10.8. The SMILES string of the molecule is O=CC1(C=O)C=CC(c2cccs2)S1. The fraction of sp³-hybridized carbons (Fsp3) is 0.200. The van der Waals surface area contributed by atoms with Crippen LogP contribution >= 0.6 is 23.1 Å². The Morgan fingerprint density at radius 2 is 2.14 bits per heavy atom. The van der Waals surface area contributed by atoms with Crippen molar-refractivity contribution in [3.63, 3.8) is 0 Å². The molecule has 4 heteroatoms. The van der Waals surface area contributed by atoms with Crippen molar-refractivity contribution in [2.45, 2.75) is 10.00 Å². The maximum absolute atomic E-state index is 10.8. The predicted molar refractivity (Wildman–Crippen MR) is 58.7 cm³/mol. The molecule has 1 unspecified atom stereocenters. The summed E-state index contributed by atoms with van der Waals surface area (Å²) in [5.74, 6) is 0. The van der Waals surface area contributed by atoms with Crippen molar-refractivity contribution in [3.05, 3.63) is 34.5 Å². The van der Waals surface area contributed by atoms with Crippen molar-refractivity contribution < 1.29 is 9.59 Å². The van der Waals surface area contributed by atoms with Gasteiger partial charge in [0.25, 0.3) is 0 Å². The summed E-state index contributed by atoms with van der Waals surface area (Å²) in [5, 5.41) is 2.14. The fourth-order valence-corrected chi connectivity index (χ4v) is 3.36. The zero-order valence-corrected chi connectivity index (χ0v) is 8.88. The van der Waals surface area contributed by atoms with E-state index in [9.17, 15) is 9.59 Å². The number of hydrogen-bond donors (Lipinski definition) is 0. The highest BCUT2D eigenvalue weighted by atomic mass is 32.2. The summed E-state index contributed by atoms with van der Waals surface area (Å²) >= 11 is 3.02. The molecule has 0 bridgehead atoms. The number of carbonyl (C=O) groups is 2. The molecule has 0 radical (unpaired) electrons. The Morgan fingerprint density at radius 3 is 2.64 bits per heavy atom. The van der Waals surface area contributed by atoms with E-state index in [2.05, 4.69) is 0 Å². The molecule has 1 aliphatic rings. The van der Waals surface area contributed by atoms with E-state index in [1.54, 1.807) is 17.4 Å². The van der Waals surface area contributed by atoms with Gasteiger partial charge in [0.2, 0.25) is 0 Å². The highest BCUT2D eigenvalue weighted by Crippen LogP contribution is 2.45. The number of rotatable bonds is 3. The van der Waals surface area contributed by atoms with Crippen LogP contribution in [-0.4, -0.2) is 17.3 Å². The molecule has 72 valence electrons. The second-order valence-corrected chi connectivity index (χ2v) is 5.43. The molecule has 1 aromatic rings. The first-order valence-electron chi connectivity index (χ1n) is 4.13. The van der Waals surface area contributed by atoms with Crippen LogP contribution in [0.5, 0.6) is 0 Å². The van der Waals surface area contributed by atoms with E-state index in [1.165, 1.54) is 16.6 Å². The van der Waals surface area contributed by atoms with Gasteiger partial charge in [0.1, 0.15) is 17.3 Å². The van der Waals surface area contributed by atoms with E-state index in [0.29, 0.717) is 12.6 Å². The number of thiophene rings is 1. The minimum absolute atomic E-state index is 0.144. The molecule has 0 aromatic carbocycles. The van der Waals surface area contributed by atoms with Crippen LogP contribution in [0.15, 0.2) is 29.7 Å². The molecule has 1 aliphatic heterocycles. The number of carbonyl (C=O) groups excluding carboxylic acids is 2. The lowest BCUT2D eigenvalue weighted by Gasteiger charge is -2.13. The molecule has 2 nitrogen and oxygen atoms in total. The first-order valence-corrected chi connectivity index (χ1v) is 5.89. The first-order chi connectivity index (χ1) is 6.79. The predicted octanol–water partition coefficient (Wildman–Crippen LogP) is 2.23. The summed E-state index contributed by atoms with van der Waals surface area (Å²) in [5.41, 5.74) is 0. The third-order valence-corrected chi connectivity index (χ3v) is 4.56. The summed E-state index contributed by atoms with van der Waals surface area (Å²) < 4.78 is -0.950. The molecule has 0 saturated heterocycles. The molecule has 14 heavy (non-hydrogen) atoms. The lowest BCUT2D eigenvalue weighted by atomic mass is 10.1. The van der Waals surface area contributed by atoms with E-state index in [0.717, 1.165) is 0 Å². The topological polar surface area (TPSA) is 34.1 Å². The molecular formula is C10H8O2S2. The van der Waals surface area contributed by atoms with Crippen LogP contribution in [0.1, 0.15) is 10.1 Å². The van der Waals surface area contributed by atoms with Gasteiger partial charge in [-0.25, -0.2) is 0 Å². The third-order valence-electron chi connectivity index (χ3n) is 2.05. The lowest BCUT2D eigenvalue weighted by Crippen LogP contribution is -2.23. The van der Waals surface area contributed by atoms with Gasteiger partial charge in [-0.05, 0) is 11.4 Å². The summed E-state index contributed by atoms with van der Waals surface area (Å²) in [6.07, 6.45) is 5.00. The normalized spacial score (nSPS) is 23.6. The molecule has 1 aromatic heterocycles. The molecular weight excluding hydrogens is 216 g/mol. The highest BCUT2D eigenvalue weighted by Gasteiger charge is 2.35. The van der Waals surface area contributed by atoms with Crippen LogP contribution in [-0.2, 0) is 9.59 Å². The second-order valence-electron chi connectivity index (χ2n) is 3.00. The molecule has 1 atom stereocenters. The average molecular weight is 224 g/mol. The minimum atomic E-state index is -0.950. The number of aldehydes is 2. The Bertz CT molecular complexity index is 359. The van der Waals surface area contributed by atoms with Crippen LogP contribution < -0.4 is 0 Å². The molecule has 0 N–H and O–H groups in total. The zero-order chi connectivity index (χ0) is 10.0. The largest absolute Gasteiger partial charge is 0.301 e. The average Bonchev–Trinajstić information content (AvgIpc) is 2.87. The molecule has 0 aliphatic carbocycles. The Hall–Kier alpha value is -0.870.